The number of nitrogens with zero attached hydrogens (tertiary/aromatic N) is 2. The maximum atomic E-state index is 8.09. The summed E-state index contributed by atoms with van der Waals surface area (Å²) in [6, 6.07) is 4.11. The van der Waals surface area contributed by atoms with Crippen LogP contribution >= 0.6 is 46.7 Å². The summed E-state index contributed by atoms with van der Waals surface area (Å²) in [6.07, 6.45) is 6.24. The van der Waals surface area contributed by atoms with Crippen LogP contribution in [0, 0.1) is 22.7 Å². The summed E-state index contributed by atoms with van der Waals surface area (Å²) in [5.41, 5.74) is 0. The number of rotatable bonds is 12. The third kappa shape index (κ3) is 93.0. The molecule has 0 fully saturated rings. The number of thioether (sulfide) groups is 2. The van der Waals surface area contributed by atoms with Crippen LogP contribution in [-0.2, 0) is 31.6 Å². The molecule has 0 atom stereocenters. The van der Waals surface area contributed by atoms with Crippen molar-refractivity contribution in [1.82, 2.24) is 0 Å². The van der Waals surface area contributed by atoms with Crippen molar-refractivity contribution in [2.24, 2.45) is 0 Å². The first-order valence-corrected chi connectivity index (χ1v) is 12.5. The Morgan fingerprint density at radius 1 is 0.897 bits per heavy atom. The zero-order valence-electron chi connectivity index (χ0n) is 18.0. The minimum atomic E-state index is -0.0174. The number of hydrogen-bond acceptors (Lipinski definition) is 10. The van der Waals surface area contributed by atoms with Crippen LogP contribution in [0.25, 0.3) is 0 Å². The van der Waals surface area contributed by atoms with Gasteiger partial charge in [0, 0.05) is 6.61 Å². The summed E-state index contributed by atoms with van der Waals surface area (Å²) in [5.74, 6) is 1.48. The van der Waals surface area contributed by atoms with Gasteiger partial charge in [-0.2, -0.15) is 16.8 Å². The zero-order valence-corrected chi connectivity index (χ0v) is 24.0. The molecule has 0 aliphatic carbocycles. The van der Waals surface area contributed by atoms with Crippen molar-refractivity contribution >= 4 is 59.4 Å². The van der Waals surface area contributed by atoms with Crippen molar-refractivity contribution in [1.29, 1.82) is 10.5 Å². The van der Waals surface area contributed by atoms with Gasteiger partial charge in [-0.05, 0) is 19.4 Å². The van der Waals surface area contributed by atoms with E-state index in [-0.39, 0.29) is 54.7 Å². The summed E-state index contributed by atoms with van der Waals surface area (Å²) in [4.78, 5) is 0. The second-order valence-electron chi connectivity index (χ2n) is 3.50. The predicted molar refractivity (Wildman–Crippen MR) is 124 cm³/mol. The molecule has 29 heavy (non-hydrogen) atoms. The number of aliphatic hydroxyl groups excluding tert-OH is 1. The van der Waals surface area contributed by atoms with Crippen molar-refractivity contribution in [2.75, 3.05) is 69.4 Å². The van der Waals surface area contributed by atoms with E-state index in [1.54, 1.807) is 35.8 Å². The van der Waals surface area contributed by atoms with Crippen molar-refractivity contribution in [2.45, 2.75) is 19.8 Å². The monoisotopic (exact) mass is 522 g/mol. The van der Waals surface area contributed by atoms with Crippen LogP contribution in [0.15, 0.2) is 0 Å². The Labute approximate surface area is 223 Å². The first-order valence-electron chi connectivity index (χ1n) is 7.82. The fourth-order valence-electron chi connectivity index (χ4n) is 0.599. The molecule has 170 valence electrons. The summed E-state index contributed by atoms with van der Waals surface area (Å²) in [5, 5.41) is 23.6. The fraction of sp³-hybridized carbons (Fsp3) is 0.875. The molecule has 0 aromatic rings. The van der Waals surface area contributed by atoms with Crippen LogP contribution in [0.3, 0.4) is 0 Å². The van der Waals surface area contributed by atoms with E-state index in [0.717, 1.165) is 12.5 Å². The van der Waals surface area contributed by atoms with E-state index in [9.17, 15) is 0 Å². The second-order valence-corrected chi connectivity index (χ2v) is 5.56. The van der Waals surface area contributed by atoms with Crippen LogP contribution in [-0.4, -0.2) is 74.5 Å². The molecule has 13 heteroatoms. The van der Waals surface area contributed by atoms with Gasteiger partial charge in [-0.25, -0.2) is 0 Å². The molecule has 0 aliphatic heterocycles. The van der Waals surface area contributed by atoms with E-state index in [1.807, 2.05) is 25.5 Å². The Kier molecular flexibility index (Phi) is 95.9. The van der Waals surface area contributed by atoms with Gasteiger partial charge in [0.05, 0.1) is 50.1 Å². The fourth-order valence-corrected chi connectivity index (χ4v) is 1.40. The Morgan fingerprint density at radius 3 is 1.62 bits per heavy atom. The Balaban J connectivity index is -0.0000000610. The maximum absolute atomic E-state index is 8.09. The summed E-state index contributed by atoms with van der Waals surface area (Å²) in [7, 11) is 0. The molecule has 0 rings (SSSR count). The van der Waals surface area contributed by atoms with Crippen molar-refractivity contribution in [3.63, 3.8) is 0 Å². The molecule has 0 heterocycles. The average molecular weight is 524 g/mol. The largest absolute Gasteiger partial charge is 1.00 e. The minimum absolute atomic E-state index is 0. The first-order chi connectivity index (χ1) is 13.7. The molecule has 0 saturated heterocycles. The van der Waals surface area contributed by atoms with Gasteiger partial charge in [-0.3, -0.25) is 0 Å². The molecule has 0 aromatic carbocycles. The predicted octanol–water partition coefficient (Wildman–Crippen LogP) is 1.01. The molecule has 1 N–H and O–H groups in total. The molecular weight excluding hydrogens is 490 g/mol. The molecule has 0 aliphatic rings. The molecule has 0 radical (unpaired) electrons. The standard InChI is InChI=1S/C6H11NO2S.C4H10OS.C3H5NO.C2H4Cl2O.CH4S.Na/c1-10-6-9-5-8-4-2-3-7;1-3-5-4-6-2;4-2-1-3-5;3-1-5-2-4;1-2;/h2,4-6H2,1H3;3-4H2,1-2H3;5H,1,3H2;1-2H2;2H,1H3;/q;;;;;+1/p-1. The van der Waals surface area contributed by atoms with Crippen molar-refractivity contribution < 1.29 is 53.6 Å². The second kappa shape index (κ2) is 63.0. The van der Waals surface area contributed by atoms with Gasteiger partial charge in [0.2, 0.25) is 0 Å². The van der Waals surface area contributed by atoms with Crippen LogP contribution in [0.1, 0.15) is 19.8 Å². The number of nitriles is 2. The number of halogens is 2. The van der Waals surface area contributed by atoms with Gasteiger partial charge in [-0.1, -0.05) is 23.2 Å². The van der Waals surface area contributed by atoms with E-state index in [2.05, 4.69) is 17.4 Å². The van der Waals surface area contributed by atoms with Crippen molar-refractivity contribution in [3.8, 4) is 12.1 Å². The first kappa shape index (κ1) is 44.1. The maximum Gasteiger partial charge on any atom is 1.00 e. The molecule has 0 aromatic heterocycles. The van der Waals surface area contributed by atoms with Crippen LogP contribution in [0.4, 0.5) is 0 Å². The van der Waals surface area contributed by atoms with Gasteiger partial charge in [0.1, 0.15) is 18.9 Å². The smallest absolute Gasteiger partial charge is 0.796 e. The molecule has 0 spiro atoms. The molecule has 0 saturated carbocycles. The van der Waals surface area contributed by atoms with Gasteiger partial charge in [0.15, 0.2) is 0 Å². The van der Waals surface area contributed by atoms with E-state index in [4.69, 9.17) is 53.0 Å². The SMILES string of the molecule is CCOCSC.CSCOCOCCC#N.C[S-].ClCOCCl.N#CCCO.[Na+]. The van der Waals surface area contributed by atoms with Gasteiger partial charge in [0.25, 0.3) is 0 Å². The Hall–Kier alpha value is 1.41. The van der Waals surface area contributed by atoms with Gasteiger partial charge in [-0.15, -0.1) is 23.5 Å². The number of alkyl halides is 2. The topological polar surface area (TPSA) is 105 Å². The number of aliphatic hydroxyl groups is 1. The Morgan fingerprint density at radius 2 is 1.38 bits per heavy atom. The minimum Gasteiger partial charge on any atom is -0.796 e. The zero-order chi connectivity index (χ0) is 22.7. The summed E-state index contributed by atoms with van der Waals surface area (Å²) < 4.78 is 19.2. The third-order valence-electron chi connectivity index (χ3n) is 1.51. The summed E-state index contributed by atoms with van der Waals surface area (Å²) >= 11 is 17.4. The van der Waals surface area contributed by atoms with Crippen LogP contribution in [0.2, 0.25) is 0 Å². The van der Waals surface area contributed by atoms with Gasteiger partial charge < -0.3 is 36.7 Å². The number of ether oxygens (including phenoxy) is 4. The van der Waals surface area contributed by atoms with Crippen molar-refractivity contribution in [3.05, 3.63) is 0 Å². The number of hydrogen-bond donors (Lipinski definition) is 1. The van der Waals surface area contributed by atoms with E-state index in [0.29, 0.717) is 25.8 Å². The molecular formula is C16H33Cl2N2NaO5S3. The van der Waals surface area contributed by atoms with Crippen LogP contribution in [0.5, 0.6) is 0 Å². The molecule has 0 unspecified atom stereocenters. The average Bonchev–Trinajstić information content (AvgIpc) is 2.73. The quantitative estimate of drug-likeness (QED) is 0.131. The Bertz CT molecular complexity index is 301. The molecule has 0 bridgehead atoms. The van der Waals surface area contributed by atoms with E-state index >= 15 is 0 Å². The van der Waals surface area contributed by atoms with E-state index in [1.165, 1.54) is 0 Å². The summed E-state index contributed by atoms with van der Waals surface area (Å²) in [6.45, 7) is 3.57. The van der Waals surface area contributed by atoms with Gasteiger partial charge >= 0.3 is 29.6 Å². The molecule has 7 nitrogen and oxygen atoms in total. The van der Waals surface area contributed by atoms with E-state index < -0.39 is 0 Å². The van der Waals surface area contributed by atoms with Crippen LogP contribution < -0.4 is 29.6 Å². The third-order valence-corrected chi connectivity index (χ3v) is 2.62. The molecule has 0 amide bonds. The normalized spacial score (nSPS) is 7.79.